The number of nitrogens with two attached hydrogens (primary N) is 1. The maximum atomic E-state index is 12.6. The van der Waals surface area contributed by atoms with Gasteiger partial charge in [-0.2, -0.15) is 0 Å². The summed E-state index contributed by atoms with van der Waals surface area (Å²) < 4.78 is 0.789. The van der Waals surface area contributed by atoms with E-state index in [1.54, 1.807) is 6.07 Å². The first-order chi connectivity index (χ1) is 9.59. The molecule has 1 heterocycles. The molecule has 5 nitrogen and oxygen atoms in total. The topological polar surface area (TPSA) is 75.4 Å². The summed E-state index contributed by atoms with van der Waals surface area (Å²) in [5, 5.41) is 2.60. The van der Waals surface area contributed by atoms with Gasteiger partial charge in [-0.3, -0.25) is 4.79 Å². The summed E-state index contributed by atoms with van der Waals surface area (Å²) in [7, 11) is 0. The molecule has 3 N–H and O–H groups in total. The van der Waals surface area contributed by atoms with E-state index in [4.69, 9.17) is 5.73 Å². The minimum Gasteiger partial charge on any atom is -0.352 e. The number of urea groups is 1. The molecule has 1 fully saturated rings. The highest BCUT2D eigenvalue weighted by molar-refractivity contribution is 9.10. The third kappa shape index (κ3) is 3.50. The lowest BCUT2D eigenvalue weighted by Crippen LogP contribution is -2.50. The SMILES string of the molecule is NC(=O)NC[C@H]1CCCCN1C(=O)c1ccccc1Br. The van der Waals surface area contributed by atoms with Crippen molar-refractivity contribution in [2.75, 3.05) is 13.1 Å². The third-order valence-corrected chi connectivity index (χ3v) is 4.20. The van der Waals surface area contributed by atoms with Crippen LogP contribution < -0.4 is 11.1 Å². The summed E-state index contributed by atoms with van der Waals surface area (Å²) in [6, 6.07) is 6.84. The molecule has 0 unspecified atom stereocenters. The van der Waals surface area contributed by atoms with Gasteiger partial charge in [0.05, 0.1) is 5.56 Å². The van der Waals surface area contributed by atoms with Gasteiger partial charge in [-0.05, 0) is 47.3 Å². The summed E-state index contributed by atoms with van der Waals surface area (Å²) >= 11 is 3.41. The molecule has 20 heavy (non-hydrogen) atoms. The minimum atomic E-state index is -0.552. The Bertz CT molecular complexity index is 507. The van der Waals surface area contributed by atoms with Gasteiger partial charge in [0.2, 0.25) is 0 Å². The summed E-state index contributed by atoms with van der Waals surface area (Å²) in [4.78, 5) is 25.3. The zero-order chi connectivity index (χ0) is 14.5. The number of amides is 3. The summed E-state index contributed by atoms with van der Waals surface area (Å²) in [5.74, 6) is -0.00607. The molecule has 1 saturated heterocycles. The minimum absolute atomic E-state index is 0.00607. The number of piperidine rings is 1. The van der Waals surface area contributed by atoms with Crippen molar-refractivity contribution in [2.24, 2.45) is 5.73 Å². The Kier molecular flexibility index (Phi) is 5.00. The van der Waals surface area contributed by atoms with E-state index in [1.165, 1.54) is 0 Å². The van der Waals surface area contributed by atoms with Crippen LogP contribution in [0.2, 0.25) is 0 Å². The van der Waals surface area contributed by atoms with Crippen LogP contribution in [0.1, 0.15) is 29.6 Å². The molecule has 0 aliphatic carbocycles. The van der Waals surface area contributed by atoms with Gasteiger partial charge >= 0.3 is 6.03 Å². The van der Waals surface area contributed by atoms with Crippen LogP contribution in [0.5, 0.6) is 0 Å². The molecule has 0 saturated carbocycles. The third-order valence-electron chi connectivity index (χ3n) is 3.50. The number of nitrogens with zero attached hydrogens (tertiary/aromatic N) is 1. The molecule has 1 atom stereocenters. The Morgan fingerprint density at radius 1 is 1.35 bits per heavy atom. The Morgan fingerprint density at radius 3 is 2.80 bits per heavy atom. The van der Waals surface area contributed by atoms with Crippen LogP contribution in [0.3, 0.4) is 0 Å². The first-order valence-corrected chi connectivity index (χ1v) is 7.47. The second-order valence-electron chi connectivity index (χ2n) is 4.87. The first kappa shape index (κ1) is 14.8. The number of rotatable bonds is 3. The fourth-order valence-electron chi connectivity index (χ4n) is 2.49. The fraction of sp³-hybridized carbons (Fsp3) is 0.429. The lowest BCUT2D eigenvalue weighted by atomic mass is 10.0. The number of primary amides is 1. The monoisotopic (exact) mass is 339 g/mol. The number of carbonyl (C=O) groups is 2. The van der Waals surface area contributed by atoms with Gasteiger partial charge in [0.15, 0.2) is 0 Å². The Labute approximate surface area is 126 Å². The lowest BCUT2D eigenvalue weighted by Gasteiger charge is -2.36. The normalized spacial score (nSPS) is 18.6. The molecule has 0 radical (unpaired) electrons. The Balaban J connectivity index is 2.13. The van der Waals surface area contributed by atoms with Crippen molar-refractivity contribution in [3.8, 4) is 0 Å². The highest BCUT2D eigenvalue weighted by Gasteiger charge is 2.28. The van der Waals surface area contributed by atoms with Crippen molar-refractivity contribution in [3.63, 3.8) is 0 Å². The van der Waals surface area contributed by atoms with Gasteiger partial charge in [0.25, 0.3) is 5.91 Å². The molecule has 0 spiro atoms. The molecular formula is C14H18BrN3O2. The van der Waals surface area contributed by atoms with Crippen molar-refractivity contribution in [3.05, 3.63) is 34.3 Å². The van der Waals surface area contributed by atoms with E-state index < -0.39 is 6.03 Å². The van der Waals surface area contributed by atoms with Crippen molar-refractivity contribution < 1.29 is 9.59 Å². The van der Waals surface area contributed by atoms with Crippen LogP contribution in [0.25, 0.3) is 0 Å². The smallest absolute Gasteiger partial charge is 0.312 e. The maximum absolute atomic E-state index is 12.6. The fourth-order valence-corrected chi connectivity index (χ4v) is 2.94. The highest BCUT2D eigenvalue weighted by atomic mass is 79.9. The maximum Gasteiger partial charge on any atom is 0.312 e. The van der Waals surface area contributed by atoms with Gasteiger partial charge in [0, 0.05) is 23.6 Å². The van der Waals surface area contributed by atoms with Gasteiger partial charge in [0.1, 0.15) is 0 Å². The molecule has 1 aliphatic heterocycles. The Morgan fingerprint density at radius 2 is 2.10 bits per heavy atom. The van der Waals surface area contributed by atoms with E-state index in [0.717, 1.165) is 23.7 Å². The van der Waals surface area contributed by atoms with Gasteiger partial charge in [-0.15, -0.1) is 0 Å². The number of hydrogen-bond acceptors (Lipinski definition) is 2. The average Bonchev–Trinajstić information content (AvgIpc) is 2.45. The van der Waals surface area contributed by atoms with Crippen LogP contribution >= 0.6 is 15.9 Å². The molecule has 6 heteroatoms. The van der Waals surface area contributed by atoms with Crippen molar-refractivity contribution >= 4 is 27.9 Å². The van der Waals surface area contributed by atoms with E-state index >= 15 is 0 Å². The molecular weight excluding hydrogens is 322 g/mol. The van der Waals surface area contributed by atoms with Crippen molar-refractivity contribution in [1.82, 2.24) is 10.2 Å². The molecule has 3 amide bonds. The van der Waals surface area contributed by atoms with Crippen molar-refractivity contribution in [1.29, 1.82) is 0 Å². The quantitative estimate of drug-likeness (QED) is 0.884. The first-order valence-electron chi connectivity index (χ1n) is 6.68. The predicted octanol–water partition coefficient (Wildman–Crippen LogP) is 2.11. The number of nitrogens with one attached hydrogen (secondary N) is 1. The van der Waals surface area contributed by atoms with E-state index in [2.05, 4.69) is 21.2 Å². The zero-order valence-corrected chi connectivity index (χ0v) is 12.7. The molecule has 0 aromatic heterocycles. The molecule has 0 bridgehead atoms. The summed E-state index contributed by atoms with van der Waals surface area (Å²) in [5.41, 5.74) is 5.76. The number of likely N-dealkylation sites (tertiary alicyclic amines) is 1. The van der Waals surface area contributed by atoms with Gasteiger partial charge < -0.3 is 16.0 Å². The second kappa shape index (κ2) is 6.74. The van der Waals surface area contributed by atoms with E-state index in [-0.39, 0.29) is 11.9 Å². The molecule has 1 aliphatic rings. The lowest BCUT2D eigenvalue weighted by molar-refractivity contribution is 0.0614. The number of hydrogen-bond donors (Lipinski definition) is 2. The van der Waals surface area contributed by atoms with E-state index in [1.807, 2.05) is 23.1 Å². The highest BCUT2D eigenvalue weighted by Crippen LogP contribution is 2.23. The van der Waals surface area contributed by atoms with Gasteiger partial charge in [-0.25, -0.2) is 4.79 Å². The molecule has 1 aromatic rings. The Hall–Kier alpha value is -1.56. The molecule has 108 valence electrons. The van der Waals surface area contributed by atoms with Crippen LogP contribution in [0, 0.1) is 0 Å². The standard InChI is InChI=1S/C14H18BrN3O2/c15-12-7-2-1-6-11(12)13(19)18-8-4-3-5-10(18)9-17-14(16)20/h1-2,6-7,10H,3-5,8-9H2,(H3,16,17,20)/t10-/m1/s1. The number of halogens is 1. The summed E-state index contributed by atoms with van der Waals surface area (Å²) in [6.45, 7) is 1.12. The van der Waals surface area contributed by atoms with E-state index in [0.29, 0.717) is 18.7 Å². The molecule has 1 aromatic carbocycles. The van der Waals surface area contributed by atoms with E-state index in [9.17, 15) is 9.59 Å². The van der Waals surface area contributed by atoms with Crippen molar-refractivity contribution in [2.45, 2.75) is 25.3 Å². The van der Waals surface area contributed by atoms with Crippen LogP contribution in [0.4, 0.5) is 4.79 Å². The second-order valence-corrected chi connectivity index (χ2v) is 5.73. The summed E-state index contributed by atoms with van der Waals surface area (Å²) in [6.07, 6.45) is 2.94. The molecule has 2 rings (SSSR count). The largest absolute Gasteiger partial charge is 0.352 e. The average molecular weight is 340 g/mol. The van der Waals surface area contributed by atoms with Gasteiger partial charge in [-0.1, -0.05) is 12.1 Å². The van der Waals surface area contributed by atoms with Crippen LogP contribution in [-0.4, -0.2) is 36.0 Å². The number of benzene rings is 1. The van der Waals surface area contributed by atoms with Crippen LogP contribution in [0.15, 0.2) is 28.7 Å². The number of carbonyl (C=O) groups excluding carboxylic acids is 2. The van der Waals surface area contributed by atoms with Crippen LogP contribution in [-0.2, 0) is 0 Å². The zero-order valence-electron chi connectivity index (χ0n) is 11.1. The predicted molar refractivity (Wildman–Crippen MR) is 80.4 cm³/mol.